The summed E-state index contributed by atoms with van der Waals surface area (Å²) in [5.74, 6) is 1.24. The Hall–Kier alpha value is -2.75. The summed E-state index contributed by atoms with van der Waals surface area (Å²) in [5.41, 5.74) is 3.83. The molecule has 0 bridgehead atoms. The first kappa shape index (κ1) is 20.6. The van der Waals surface area contributed by atoms with E-state index in [0.29, 0.717) is 12.4 Å². The second kappa shape index (κ2) is 10.4. The quantitative estimate of drug-likeness (QED) is 0.468. The molecule has 2 aromatic rings. The van der Waals surface area contributed by atoms with E-state index in [1.165, 1.54) is 6.08 Å². The standard InChI is InChI=1S/C23H29NO3/c1-5-6-7-15-27-20-13-11-19(16-21(20)26-4)12-14-22(25)24-23-17(2)9-8-10-18(23)3/h8-14,16H,5-7,15H2,1-4H3,(H,24,25). The summed E-state index contributed by atoms with van der Waals surface area (Å²) in [4.78, 5) is 12.3. The molecule has 144 valence electrons. The van der Waals surface area contributed by atoms with E-state index in [0.717, 1.165) is 47.4 Å². The molecule has 0 aliphatic rings. The molecule has 0 fully saturated rings. The van der Waals surface area contributed by atoms with E-state index in [-0.39, 0.29) is 5.91 Å². The van der Waals surface area contributed by atoms with Crippen molar-refractivity contribution in [1.82, 2.24) is 0 Å². The van der Waals surface area contributed by atoms with E-state index in [1.54, 1.807) is 13.2 Å². The molecule has 0 heterocycles. The van der Waals surface area contributed by atoms with Crippen LogP contribution in [0.5, 0.6) is 11.5 Å². The number of para-hydroxylation sites is 1. The van der Waals surface area contributed by atoms with E-state index in [1.807, 2.05) is 50.2 Å². The Labute approximate surface area is 162 Å². The first-order valence-electron chi connectivity index (χ1n) is 9.41. The van der Waals surface area contributed by atoms with Crippen molar-refractivity contribution in [3.05, 3.63) is 59.2 Å². The van der Waals surface area contributed by atoms with E-state index >= 15 is 0 Å². The highest BCUT2D eigenvalue weighted by molar-refractivity contribution is 6.02. The van der Waals surface area contributed by atoms with E-state index in [2.05, 4.69) is 12.2 Å². The fourth-order valence-corrected chi connectivity index (χ4v) is 2.79. The highest BCUT2D eigenvalue weighted by Gasteiger charge is 2.07. The average molecular weight is 367 g/mol. The molecule has 0 radical (unpaired) electrons. The first-order valence-corrected chi connectivity index (χ1v) is 9.41. The highest BCUT2D eigenvalue weighted by Crippen LogP contribution is 2.29. The maximum atomic E-state index is 12.3. The van der Waals surface area contributed by atoms with Gasteiger partial charge in [0, 0.05) is 11.8 Å². The number of unbranched alkanes of at least 4 members (excludes halogenated alkanes) is 2. The fourth-order valence-electron chi connectivity index (χ4n) is 2.79. The minimum absolute atomic E-state index is 0.161. The molecular formula is C23H29NO3. The summed E-state index contributed by atoms with van der Waals surface area (Å²) >= 11 is 0. The number of ether oxygens (including phenoxy) is 2. The van der Waals surface area contributed by atoms with E-state index in [9.17, 15) is 4.79 Å². The van der Waals surface area contributed by atoms with Crippen LogP contribution in [-0.2, 0) is 4.79 Å². The SMILES string of the molecule is CCCCCOc1ccc(C=CC(=O)Nc2c(C)cccc2C)cc1OC. The number of anilines is 1. The van der Waals surface area contributed by atoms with Gasteiger partial charge in [0.2, 0.25) is 5.91 Å². The molecular weight excluding hydrogens is 338 g/mol. The summed E-state index contributed by atoms with van der Waals surface area (Å²) in [7, 11) is 1.62. The Morgan fingerprint density at radius 3 is 2.48 bits per heavy atom. The normalized spacial score (nSPS) is 10.8. The molecule has 0 aliphatic carbocycles. The molecule has 1 N–H and O–H groups in total. The number of carbonyl (C=O) groups excluding carboxylic acids is 1. The molecule has 1 amide bonds. The summed E-state index contributed by atoms with van der Waals surface area (Å²) in [6.07, 6.45) is 6.64. The Bertz CT molecular complexity index is 776. The lowest BCUT2D eigenvalue weighted by atomic mass is 10.1. The summed E-state index contributed by atoms with van der Waals surface area (Å²) in [6, 6.07) is 11.6. The Kier molecular flexibility index (Phi) is 7.93. The van der Waals surface area contributed by atoms with Crippen molar-refractivity contribution >= 4 is 17.7 Å². The Morgan fingerprint density at radius 2 is 1.81 bits per heavy atom. The topological polar surface area (TPSA) is 47.6 Å². The van der Waals surface area contributed by atoms with Crippen LogP contribution in [-0.4, -0.2) is 19.6 Å². The maximum Gasteiger partial charge on any atom is 0.248 e. The minimum atomic E-state index is -0.161. The number of amides is 1. The van der Waals surface area contributed by atoms with Gasteiger partial charge in [-0.05, 0) is 55.2 Å². The van der Waals surface area contributed by atoms with Crippen molar-refractivity contribution in [1.29, 1.82) is 0 Å². The number of methoxy groups -OCH3 is 1. The number of benzene rings is 2. The van der Waals surface area contributed by atoms with Crippen LogP contribution < -0.4 is 14.8 Å². The lowest BCUT2D eigenvalue weighted by Crippen LogP contribution is -2.10. The third-order valence-electron chi connectivity index (χ3n) is 4.35. The van der Waals surface area contributed by atoms with Gasteiger partial charge in [0.25, 0.3) is 0 Å². The molecule has 0 saturated heterocycles. The zero-order valence-electron chi connectivity index (χ0n) is 16.7. The smallest absolute Gasteiger partial charge is 0.248 e. The van der Waals surface area contributed by atoms with Crippen LogP contribution in [0.4, 0.5) is 5.69 Å². The molecule has 4 nitrogen and oxygen atoms in total. The minimum Gasteiger partial charge on any atom is -0.493 e. The van der Waals surface area contributed by atoms with Crippen molar-refractivity contribution in [3.8, 4) is 11.5 Å². The molecule has 2 aromatic carbocycles. The summed E-state index contributed by atoms with van der Waals surface area (Å²) in [5, 5.41) is 2.95. The molecule has 4 heteroatoms. The number of hydrogen-bond acceptors (Lipinski definition) is 3. The molecule has 0 unspecified atom stereocenters. The molecule has 27 heavy (non-hydrogen) atoms. The van der Waals surface area contributed by atoms with Gasteiger partial charge in [-0.2, -0.15) is 0 Å². The Morgan fingerprint density at radius 1 is 1.07 bits per heavy atom. The van der Waals surface area contributed by atoms with Gasteiger partial charge >= 0.3 is 0 Å². The molecule has 0 spiro atoms. The van der Waals surface area contributed by atoms with Gasteiger partial charge in [-0.1, -0.05) is 44.0 Å². The number of carbonyl (C=O) groups is 1. The van der Waals surface area contributed by atoms with Gasteiger partial charge in [0.15, 0.2) is 11.5 Å². The molecule has 0 atom stereocenters. The van der Waals surface area contributed by atoms with Crippen LogP contribution in [0, 0.1) is 13.8 Å². The highest BCUT2D eigenvalue weighted by atomic mass is 16.5. The third-order valence-corrected chi connectivity index (χ3v) is 4.35. The molecule has 0 aromatic heterocycles. The van der Waals surface area contributed by atoms with Crippen LogP contribution in [0.15, 0.2) is 42.5 Å². The largest absolute Gasteiger partial charge is 0.493 e. The third kappa shape index (κ3) is 6.17. The zero-order chi connectivity index (χ0) is 19.6. The number of hydrogen-bond donors (Lipinski definition) is 1. The van der Waals surface area contributed by atoms with Gasteiger partial charge in [-0.25, -0.2) is 0 Å². The van der Waals surface area contributed by atoms with Crippen molar-refractivity contribution < 1.29 is 14.3 Å². The Balaban J connectivity index is 2.02. The fraction of sp³-hybridized carbons (Fsp3) is 0.348. The monoisotopic (exact) mass is 367 g/mol. The number of nitrogens with one attached hydrogen (secondary N) is 1. The maximum absolute atomic E-state index is 12.3. The van der Waals surface area contributed by atoms with Crippen LogP contribution >= 0.6 is 0 Å². The molecule has 0 saturated carbocycles. The lowest BCUT2D eigenvalue weighted by molar-refractivity contribution is -0.111. The number of rotatable bonds is 9. The van der Waals surface area contributed by atoms with Crippen molar-refractivity contribution in [2.45, 2.75) is 40.0 Å². The van der Waals surface area contributed by atoms with E-state index < -0.39 is 0 Å². The van der Waals surface area contributed by atoms with Crippen LogP contribution in [0.3, 0.4) is 0 Å². The predicted molar refractivity (Wildman–Crippen MR) is 112 cm³/mol. The second-order valence-corrected chi connectivity index (χ2v) is 6.56. The summed E-state index contributed by atoms with van der Waals surface area (Å²) in [6.45, 7) is 6.81. The van der Waals surface area contributed by atoms with Crippen molar-refractivity contribution in [3.63, 3.8) is 0 Å². The average Bonchev–Trinajstić information content (AvgIpc) is 2.67. The van der Waals surface area contributed by atoms with Gasteiger partial charge < -0.3 is 14.8 Å². The van der Waals surface area contributed by atoms with Gasteiger partial charge in [-0.3, -0.25) is 4.79 Å². The van der Waals surface area contributed by atoms with Crippen molar-refractivity contribution in [2.24, 2.45) is 0 Å². The first-order chi connectivity index (χ1) is 13.0. The van der Waals surface area contributed by atoms with Crippen LogP contribution in [0.2, 0.25) is 0 Å². The van der Waals surface area contributed by atoms with E-state index in [4.69, 9.17) is 9.47 Å². The molecule has 0 aliphatic heterocycles. The predicted octanol–water partition coefficient (Wildman–Crippen LogP) is 5.53. The van der Waals surface area contributed by atoms with Crippen LogP contribution in [0.1, 0.15) is 42.9 Å². The van der Waals surface area contributed by atoms with Gasteiger partial charge in [0.05, 0.1) is 13.7 Å². The lowest BCUT2D eigenvalue weighted by Gasteiger charge is -2.11. The zero-order valence-corrected chi connectivity index (χ0v) is 16.7. The molecule has 2 rings (SSSR count). The van der Waals surface area contributed by atoms with Gasteiger partial charge in [0.1, 0.15) is 0 Å². The second-order valence-electron chi connectivity index (χ2n) is 6.56. The number of aryl methyl sites for hydroxylation is 2. The van der Waals surface area contributed by atoms with Gasteiger partial charge in [-0.15, -0.1) is 0 Å². The van der Waals surface area contributed by atoms with Crippen LogP contribution in [0.25, 0.3) is 6.08 Å². The summed E-state index contributed by atoms with van der Waals surface area (Å²) < 4.78 is 11.2. The van der Waals surface area contributed by atoms with Crippen molar-refractivity contribution in [2.75, 3.05) is 19.0 Å².